The van der Waals surface area contributed by atoms with Crippen molar-refractivity contribution in [3.05, 3.63) is 12.2 Å². The first-order chi connectivity index (χ1) is 8.70. The lowest BCUT2D eigenvalue weighted by molar-refractivity contribution is -0.146. The van der Waals surface area contributed by atoms with Gasteiger partial charge in [-0.05, 0) is 25.8 Å². The van der Waals surface area contributed by atoms with Gasteiger partial charge < -0.3 is 4.74 Å². The molecule has 0 aliphatic carbocycles. The number of ether oxygens (including phenoxy) is 1. The number of carbonyl (C=O) groups excluding carboxylic acids is 1. The fourth-order valence-corrected chi connectivity index (χ4v) is 1.79. The van der Waals surface area contributed by atoms with E-state index in [1.807, 2.05) is 13.0 Å². The van der Waals surface area contributed by atoms with Crippen LogP contribution in [0.3, 0.4) is 0 Å². The second-order valence-electron chi connectivity index (χ2n) is 4.93. The highest BCUT2D eigenvalue weighted by atomic mass is 16.5. The third kappa shape index (κ3) is 11.7. The molecule has 0 aromatic rings. The van der Waals surface area contributed by atoms with Gasteiger partial charge in [0.1, 0.15) is 6.10 Å². The first-order valence-corrected chi connectivity index (χ1v) is 7.56. The van der Waals surface area contributed by atoms with Gasteiger partial charge in [-0.15, -0.1) is 0 Å². The molecule has 0 saturated heterocycles. The summed E-state index contributed by atoms with van der Waals surface area (Å²) < 4.78 is 5.31. The summed E-state index contributed by atoms with van der Waals surface area (Å²) in [5.41, 5.74) is 0. The van der Waals surface area contributed by atoms with Gasteiger partial charge in [0, 0.05) is 6.42 Å². The quantitative estimate of drug-likeness (QED) is 0.294. The van der Waals surface area contributed by atoms with Crippen LogP contribution < -0.4 is 0 Å². The zero-order valence-corrected chi connectivity index (χ0v) is 12.4. The van der Waals surface area contributed by atoms with Gasteiger partial charge in [-0.1, -0.05) is 58.4 Å². The summed E-state index contributed by atoms with van der Waals surface area (Å²) in [6, 6.07) is 0. The van der Waals surface area contributed by atoms with Crippen molar-refractivity contribution in [2.24, 2.45) is 0 Å². The van der Waals surface area contributed by atoms with E-state index in [1.165, 1.54) is 32.1 Å². The molecular weight excluding hydrogens is 224 g/mol. The average Bonchev–Trinajstić information content (AvgIpc) is 2.34. The Bertz CT molecular complexity index is 221. The van der Waals surface area contributed by atoms with Crippen LogP contribution in [-0.4, -0.2) is 12.1 Å². The molecule has 0 aliphatic heterocycles. The number of allylic oxidation sites excluding steroid dienone is 1. The van der Waals surface area contributed by atoms with Crippen LogP contribution in [0.2, 0.25) is 0 Å². The van der Waals surface area contributed by atoms with Crippen molar-refractivity contribution in [3.8, 4) is 0 Å². The zero-order chi connectivity index (χ0) is 13.6. The Balaban J connectivity index is 3.51. The van der Waals surface area contributed by atoms with Crippen LogP contribution in [-0.2, 0) is 9.53 Å². The molecular formula is C16H30O2. The van der Waals surface area contributed by atoms with Crippen LogP contribution in [0, 0.1) is 0 Å². The summed E-state index contributed by atoms with van der Waals surface area (Å²) >= 11 is 0. The summed E-state index contributed by atoms with van der Waals surface area (Å²) in [5.74, 6) is -0.0564. The minimum absolute atomic E-state index is 0.0564. The van der Waals surface area contributed by atoms with E-state index in [1.54, 1.807) is 0 Å². The SMILES string of the molecule is CCCC/C=C/C(C)OC(=O)CCCCCCC. The molecule has 0 N–H and O–H groups in total. The van der Waals surface area contributed by atoms with Gasteiger partial charge in [-0.2, -0.15) is 0 Å². The molecule has 0 rings (SSSR count). The van der Waals surface area contributed by atoms with Crippen molar-refractivity contribution in [1.82, 2.24) is 0 Å². The highest BCUT2D eigenvalue weighted by molar-refractivity contribution is 5.69. The van der Waals surface area contributed by atoms with Crippen LogP contribution in [0.4, 0.5) is 0 Å². The van der Waals surface area contributed by atoms with Gasteiger partial charge in [-0.25, -0.2) is 0 Å². The lowest BCUT2D eigenvalue weighted by atomic mass is 10.1. The number of unbranched alkanes of at least 4 members (excludes halogenated alkanes) is 6. The molecule has 0 aliphatic rings. The van der Waals surface area contributed by atoms with E-state index in [9.17, 15) is 4.79 Å². The molecule has 0 aromatic carbocycles. The lowest BCUT2D eigenvalue weighted by Gasteiger charge is -2.09. The number of hydrogen-bond donors (Lipinski definition) is 0. The predicted molar refractivity (Wildman–Crippen MR) is 77.6 cm³/mol. The average molecular weight is 254 g/mol. The van der Waals surface area contributed by atoms with Gasteiger partial charge in [0.25, 0.3) is 0 Å². The van der Waals surface area contributed by atoms with Gasteiger partial charge in [0.05, 0.1) is 0 Å². The predicted octanol–water partition coefficient (Wildman–Crippen LogP) is 5.03. The molecule has 2 heteroatoms. The molecule has 0 spiro atoms. The molecule has 0 amide bonds. The third-order valence-electron chi connectivity index (χ3n) is 2.93. The first kappa shape index (κ1) is 17.2. The molecule has 0 fully saturated rings. The third-order valence-corrected chi connectivity index (χ3v) is 2.93. The van der Waals surface area contributed by atoms with Crippen LogP contribution in [0.1, 0.15) is 78.6 Å². The Hall–Kier alpha value is -0.790. The van der Waals surface area contributed by atoms with E-state index in [0.29, 0.717) is 6.42 Å². The highest BCUT2D eigenvalue weighted by Gasteiger charge is 2.05. The number of esters is 1. The Morgan fingerprint density at radius 3 is 2.39 bits per heavy atom. The van der Waals surface area contributed by atoms with E-state index in [-0.39, 0.29) is 12.1 Å². The molecule has 1 unspecified atom stereocenters. The molecule has 1 atom stereocenters. The van der Waals surface area contributed by atoms with Crippen molar-refractivity contribution in [2.45, 2.75) is 84.7 Å². The van der Waals surface area contributed by atoms with Crippen LogP contribution in [0.5, 0.6) is 0 Å². The standard InChI is InChI=1S/C16H30O2/c1-4-6-8-10-12-14-16(17)18-15(3)13-11-9-7-5-2/h11,13,15H,4-10,12,14H2,1-3H3/b13-11+. The van der Waals surface area contributed by atoms with Crippen molar-refractivity contribution in [2.75, 3.05) is 0 Å². The fraction of sp³-hybridized carbons (Fsp3) is 0.812. The lowest BCUT2D eigenvalue weighted by Crippen LogP contribution is -2.12. The Kier molecular flexibility index (Phi) is 12.1. The van der Waals surface area contributed by atoms with Crippen molar-refractivity contribution >= 4 is 5.97 Å². The maximum absolute atomic E-state index is 11.5. The molecule has 0 saturated carbocycles. The summed E-state index contributed by atoms with van der Waals surface area (Å²) in [7, 11) is 0. The summed E-state index contributed by atoms with van der Waals surface area (Å²) in [5, 5.41) is 0. The van der Waals surface area contributed by atoms with E-state index < -0.39 is 0 Å². The van der Waals surface area contributed by atoms with Gasteiger partial charge >= 0.3 is 5.97 Å². The maximum atomic E-state index is 11.5. The molecule has 0 heterocycles. The Labute approximate surface area is 113 Å². The van der Waals surface area contributed by atoms with Gasteiger partial charge in [0.2, 0.25) is 0 Å². The van der Waals surface area contributed by atoms with Crippen molar-refractivity contribution in [1.29, 1.82) is 0 Å². The summed E-state index contributed by atoms with van der Waals surface area (Å²) in [4.78, 5) is 11.5. The maximum Gasteiger partial charge on any atom is 0.306 e. The molecule has 18 heavy (non-hydrogen) atoms. The Morgan fingerprint density at radius 1 is 1.06 bits per heavy atom. The van der Waals surface area contributed by atoms with Crippen LogP contribution in [0.25, 0.3) is 0 Å². The van der Waals surface area contributed by atoms with E-state index >= 15 is 0 Å². The topological polar surface area (TPSA) is 26.3 Å². The monoisotopic (exact) mass is 254 g/mol. The van der Waals surface area contributed by atoms with Crippen molar-refractivity contribution < 1.29 is 9.53 Å². The number of rotatable bonds is 11. The molecule has 0 radical (unpaired) electrons. The van der Waals surface area contributed by atoms with E-state index in [0.717, 1.165) is 19.3 Å². The molecule has 106 valence electrons. The second kappa shape index (κ2) is 12.7. The summed E-state index contributed by atoms with van der Waals surface area (Å²) in [6.07, 6.45) is 13.9. The van der Waals surface area contributed by atoms with Gasteiger partial charge in [-0.3, -0.25) is 4.79 Å². The zero-order valence-electron chi connectivity index (χ0n) is 12.4. The summed E-state index contributed by atoms with van der Waals surface area (Å²) in [6.45, 7) is 6.30. The second-order valence-corrected chi connectivity index (χ2v) is 4.93. The van der Waals surface area contributed by atoms with Crippen molar-refractivity contribution in [3.63, 3.8) is 0 Å². The minimum atomic E-state index is -0.0787. The van der Waals surface area contributed by atoms with E-state index in [4.69, 9.17) is 4.74 Å². The molecule has 0 aromatic heterocycles. The Morgan fingerprint density at radius 2 is 1.72 bits per heavy atom. The van der Waals surface area contributed by atoms with Crippen LogP contribution in [0.15, 0.2) is 12.2 Å². The largest absolute Gasteiger partial charge is 0.458 e. The fourth-order valence-electron chi connectivity index (χ4n) is 1.79. The number of hydrogen-bond acceptors (Lipinski definition) is 2. The normalized spacial score (nSPS) is 12.8. The smallest absolute Gasteiger partial charge is 0.306 e. The van der Waals surface area contributed by atoms with E-state index in [2.05, 4.69) is 19.9 Å². The molecule has 0 bridgehead atoms. The van der Waals surface area contributed by atoms with Gasteiger partial charge in [0.15, 0.2) is 0 Å². The molecule has 2 nitrogen and oxygen atoms in total. The minimum Gasteiger partial charge on any atom is -0.458 e. The highest BCUT2D eigenvalue weighted by Crippen LogP contribution is 2.07. The number of carbonyl (C=O) groups is 1. The first-order valence-electron chi connectivity index (χ1n) is 7.56. The van der Waals surface area contributed by atoms with Crippen LogP contribution >= 0.6 is 0 Å².